The Morgan fingerprint density at radius 3 is 2.78 bits per heavy atom. The average Bonchev–Trinajstić information content (AvgIpc) is 3.07. The lowest BCUT2D eigenvalue weighted by molar-refractivity contribution is -0.0421. The van der Waals surface area contributed by atoms with Crippen LogP contribution in [-0.2, 0) is 11.4 Å². The van der Waals surface area contributed by atoms with Crippen molar-refractivity contribution in [1.82, 2.24) is 10.4 Å². The smallest absolute Gasteiger partial charge is 0.0985 e. The van der Waals surface area contributed by atoms with E-state index in [1.807, 2.05) is 0 Å². The normalized spacial score (nSPS) is 25.7. The molecule has 3 heteroatoms. The van der Waals surface area contributed by atoms with Gasteiger partial charge < -0.3 is 0 Å². The molecule has 1 saturated heterocycles. The molecule has 1 saturated carbocycles. The fourth-order valence-corrected chi connectivity index (χ4v) is 2.99. The van der Waals surface area contributed by atoms with Crippen molar-refractivity contribution in [1.29, 1.82) is 0 Å². The van der Waals surface area contributed by atoms with E-state index >= 15 is 0 Å². The summed E-state index contributed by atoms with van der Waals surface area (Å²) in [6.45, 7) is 6.26. The van der Waals surface area contributed by atoms with Gasteiger partial charge in [-0.2, -0.15) is 0 Å². The van der Waals surface area contributed by atoms with Gasteiger partial charge in [-0.1, -0.05) is 37.3 Å². The molecule has 1 aliphatic heterocycles. The Bertz CT molecular complexity index is 389. The van der Waals surface area contributed by atoms with Gasteiger partial charge in [-0.15, -0.1) is 0 Å². The molecule has 18 heavy (non-hydrogen) atoms. The molecule has 1 aromatic rings. The van der Waals surface area contributed by atoms with Gasteiger partial charge in [0.1, 0.15) is 0 Å². The minimum atomic E-state index is 0.376. The van der Waals surface area contributed by atoms with Gasteiger partial charge in [0, 0.05) is 31.6 Å². The summed E-state index contributed by atoms with van der Waals surface area (Å²) in [6, 6.07) is 10.7. The Kier molecular flexibility index (Phi) is 3.37. The fraction of sp³-hybridized carbons (Fsp3) is 0.600. The number of nitrogens with zero attached hydrogens (tertiary/aromatic N) is 1. The van der Waals surface area contributed by atoms with Crippen molar-refractivity contribution in [2.75, 3.05) is 19.6 Å². The third-order valence-corrected chi connectivity index (χ3v) is 4.16. The Morgan fingerprint density at radius 1 is 1.33 bits per heavy atom. The Balaban J connectivity index is 1.60. The molecule has 0 amide bonds. The van der Waals surface area contributed by atoms with Gasteiger partial charge in [-0.3, -0.25) is 9.74 Å². The molecule has 1 N–H and O–H groups in total. The van der Waals surface area contributed by atoms with E-state index in [-0.39, 0.29) is 0 Å². The van der Waals surface area contributed by atoms with Crippen LogP contribution in [0.1, 0.15) is 25.3 Å². The van der Waals surface area contributed by atoms with Crippen molar-refractivity contribution in [3.8, 4) is 0 Å². The van der Waals surface area contributed by atoms with E-state index in [1.165, 1.54) is 24.9 Å². The number of hydrogen-bond acceptors (Lipinski definition) is 3. The first kappa shape index (κ1) is 12.2. The summed E-state index contributed by atoms with van der Waals surface area (Å²) < 4.78 is 0. The molecule has 3 rings (SSSR count). The average molecular weight is 246 g/mol. The van der Waals surface area contributed by atoms with Gasteiger partial charge in [0.25, 0.3) is 0 Å². The van der Waals surface area contributed by atoms with E-state index in [4.69, 9.17) is 4.84 Å². The summed E-state index contributed by atoms with van der Waals surface area (Å²) in [6.07, 6.45) is 3.03. The summed E-state index contributed by atoms with van der Waals surface area (Å²) in [4.78, 5) is 8.34. The second-order valence-corrected chi connectivity index (χ2v) is 5.62. The van der Waals surface area contributed by atoms with Crippen LogP contribution in [0.4, 0.5) is 0 Å². The van der Waals surface area contributed by atoms with E-state index in [0.29, 0.717) is 11.5 Å². The molecule has 2 aliphatic rings. The predicted molar refractivity (Wildman–Crippen MR) is 71.9 cm³/mol. The summed E-state index contributed by atoms with van der Waals surface area (Å²) in [7, 11) is 0. The summed E-state index contributed by atoms with van der Waals surface area (Å²) in [5.74, 6) is 0. The second kappa shape index (κ2) is 5.00. The van der Waals surface area contributed by atoms with Crippen LogP contribution in [0.2, 0.25) is 0 Å². The van der Waals surface area contributed by atoms with Gasteiger partial charge in [-0.25, -0.2) is 5.48 Å². The van der Waals surface area contributed by atoms with Crippen LogP contribution < -0.4 is 5.48 Å². The van der Waals surface area contributed by atoms with E-state index in [0.717, 1.165) is 19.6 Å². The van der Waals surface area contributed by atoms with Crippen molar-refractivity contribution in [3.05, 3.63) is 35.9 Å². The maximum absolute atomic E-state index is 5.81. The molecule has 1 unspecified atom stereocenters. The zero-order valence-corrected chi connectivity index (χ0v) is 11.1. The van der Waals surface area contributed by atoms with Gasteiger partial charge in [-0.05, 0) is 18.4 Å². The Morgan fingerprint density at radius 2 is 2.11 bits per heavy atom. The molecule has 2 fully saturated rings. The topological polar surface area (TPSA) is 24.5 Å². The molecular weight excluding hydrogens is 224 g/mol. The first-order chi connectivity index (χ1) is 8.82. The zero-order chi connectivity index (χ0) is 12.4. The van der Waals surface area contributed by atoms with Gasteiger partial charge in [0.2, 0.25) is 0 Å². The molecule has 1 heterocycles. The maximum atomic E-state index is 5.81. The number of likely N-dealkylation sites (tertiary alicyclic amines) is 1. The standard InChI is InChI=1S/C15H22N2O/c1-2-16-18-14-11-17(12-15(14)8-9-15)10-13-6-4-3-5-7-13/h3-7,14,16H,2,8-12H2,1H3. The molecule has 1 atom stereocenters. The lowest BCUT2D eigenvalue weighted by atomic mass is 10.0. The first-order valence-electron chi connectivity index (χ1n) is 6.97. The molecule has 1 spiro atoms. The second-order valence-electron chi connectivity index (χ2n) is 5.62. The highest BCUT2D eigenvalue weighted by molar-refractivity contribution is 5.16. The van der Waals surface area contributed by atoms with Crippen LogP contribution in [0.5, 0.6) is 0 Å². The molecule has 0 aromatic heterocycles. The first-order valence-corrected chi connectivity index (χ1v) is 6.97. The van der Waals surface area contributed by atoms with Crippen LogP contribution >= 0.6 is 0 Å². The maximum Gasteiger partial charge on any atom is 0.0985 e. The van der Waals surface area contributed by atoms with Crippen LogP contribution in [0.25, 0.3) is 0 Å². The van der Waals surface area contributed by atoms with Crippen molar-refractivity contribution in [2.45, 2.75) is 32.4 Å². The lowest BCUT2D eigenvalue weighted by Gasteiger charge is -2.17. The number of rotatable bonds is 5. The van der Waals surface area contributed by atoms with Gasteiger partial charge >= 0.3 is 0 Å². The van der Waals surface area contributed by atoms with Crippen LogP contribution in [-0.4, -0.2) is 30.6 Å². The Hall–Kier alpha value is -0.900. The minimum Gasteiger partial charge on any atom is -0.297 e. The van der Waals surface area contributed by atoms with E-state index < -0.39 is 0 Å². The Labute approximate surface area is 109 Å². The minimum absolute atomic E-state index is 0.376. The van der Waals surface area contributed by atoms with Crippen molar-refractivity contribution >= 4 is 0 Å². The number of hydroxylamine groups is 1. The SMILES string of the molecule is CCNOC1CN(Cc2ccccc2)CC12CC2. The van der Waals surface area contributed by atoms with E-state index in [2.05, 4.69) is 47.6 Å². The largest absolute Gasteiger partial charge is 0.297 e. The molecular formula is C15H22N2O. The third-order valence-electron chi connectivity index (χ3n) is 4.16. The molecule has 98 valence electrons. The fourth-order valence-electron chi connectivity index (χ4n) is 2.99. The van der Waals surface area contributed by atoms with Crippen molar-refractivity contribution < 1.29 is 4.84 Å². The van der Waals surface area contributed by atoms with Crippen molar-refractivity contribution in [3.63, 3.8) is 0 Å². The summed E-state index contributed by atoms with van der Waals surface area (Å²) in [5, 5.41) is 0. The quantitative estimate of drug-likeness (QED) is 0.806. The number of nitrogens with one attached hydrogen (secondary N) is 1. The molecule has 1 aliphatic carbocycles. The lowest BCUT2D eigenvalue weighted by Crippen LogP contribution is -2.31. The van der Waals surface area contributed by atoms with Crippen LogP contribution in [0.3, 0.4) is 0 Å². The zero-order valence-electron chi connectivity index (χ0n) is 11.1. The molecule has 0 radical (unpaired) electrons. The van der Waals surface area contributed by atoms with Gasteiger partial charge in [0.15, 0.2) is 0 Å². The van der Waals surface area contributed by atoms with Gasteiger partial charge in [0.05, 0.1) is 6.10 Å². The highest BCUT2D eigenvalue weighted by Crippen LogP contribution is 2.53. The monoisotopic (exact) mass is 246 g/mol. The summed E-state index contributed by atoms with van der Waals surface area (Å²) in [5.41, 5.74) is 4.90. The van der Waals surface area contributed by atoms with Crippen molar-refractivity contribution in [2.24, 2.45) is 5.41 Å². The summed E-state index contributed by atoms with van der Waals surface area (Å²) >= 11 is 0. The van der Waals surface area contributed by atoms with Crippen LogP contribution in [0, 0.1) is 5.41 Å². The molecule has 1 aromatic carbocycles. The van der Waals surface area contributed by atoms with Crippen LogP contribution in [0.15, 0.2) is 30.3 Å². The molecule has 3 nitrogen and oxygen atoms in total. The predicted octanol–water partition coefficient (Wildman–Crippen LogP) is 2.19. The molecule has 0 bridgehead atoms. The number of hydrogen-bond donors (Lipinski definition) is 1. The highest BCUT2D eigenvalue weighted by Gasteiger charge is 2.55. The van der Waals surface area contributed by atoms with E-state index in [1.54, 1.807) is 0 Å². The van der Waals surface area contributed by atoms with E-state index in [9.17, 15) is 0 Å². The third kappa shape index (κ3) is 2.44. The number of benzene rings is 1. The highest BCUT2D eigenvalue weighted by atomic mass is 16.7.